The van der Waals surface area contributed by atoms with Crippen molar-refractivity contribution in [1.82, 2.24) is 0 Å². The van der Waals surface area contributed by atoms with Gasteiger partial charge in [-0.25, -0.2) is 0 Å². The van der Waals surface area contributed by atoms with E-state index in [4.69, 9.17) is 13.9 Å². The van der Waals surface area contributed by atoms with Crippen LogP contribution in [0.15, 0.2) is 22.8 Å². The topological polar surface area (TPSA) is 31.6 Å². The Balaban J connectivity index is 1.90. The van der Waals surface area contributed by atoms with Gasteiger partial charge in [-0.3, -0.25) is 0 Å². The van der Waals surface area contributed by atoms with Gasteiger partial charge in [0.15, 0.2) is 6.29 Å². The zero-order valence-corrected chi connectivity index (χ0v) is 6.16. The van der Waals surface area contributed by atoms with Crippen molar-refractivity contribution in [2.45, 2.75) is 12.7 Å². The third-order valence-electron chi connectivity index (χ3n) is 1.64. The minimum atomic E-state index is -0.0962. The largest absolute Gasteiger partial charge is 0.469 e. The highest BCUT2D eigenvalue weighted by molar-refractivity contribution is 4.98. The number of furan rings is 1. The molecule has 0 aliphatic carbocycles. The van der Waals surface area contributed by atoms with E-state index in [1.54, 1.807) is 6.26 Å². The van der Waals surface area contributed by atoms with Crippen LogP contribution in [0, 0.1) is 0 Å². The van der Waals surface area contributed by atoms with E-state index >= 15 is 0 Å². The van der Waals surface area contributed by atoms with Crippen LogP contribution in [0.2, 0.25) is 0 Å². The van der Waals surface area contributed by atoms with Crippen molar-refractivity contribution >= 4 is 0 Å². The minimum Gasteiger partial charge on any atom is -0.469 e. The molecule has 0 saturated carbocycles. The Bertz CT molecular complexity index is 199. The number of ether oxygens (including phenoxy) is 2. The van der Waals surface area contributed by atoms with E-state index in [2.05, 4.69) is 0 Å². The Kier molecular flexibility index (Phi) is 1.92. The molecule has 0 amide bonds. The first kappa shape index (κ1) is 6.88. The summed E-state index contributed by atoms with van der Waals surface area (Å²) in [6.07, 6.45) is 2.28. The van der Waals surface area contributed by atoms with Crippen molar-refractivity contribution in [3.05, 3.63) is 24.2 Å². The second kappa shape index (κ2) is 3.07. The standard InChI is InChI=1S/C8H10O3/c1-2-7(9-3-1)6-8-10-4-5-11-8/h1-3,8H,4-6H2. The summed E-state index contributed by atoms with van der Waals surface area (Å²) in [6.45, 7) is 1.40. The highest BCUT2D eigenvalue weighted by Gasteiger charge is 2.17. The fraction of sp³-hybridized carbons (Fsp3) is 0.500. The molecule has 0 bridgehead atoms. The molecule has 1 aliphatic heterocycles. The maximum atomic E-state index is 5.24. The van der Waals surface area contributed by atoms with Crippen LogP contribution in [0.1, 0.15) is 5.76 Å². The van der Waals surface area contributed by atoms with Gasteiger partial charge in [0.25, 0.3) is 0 Å². The summed E-state index contributed by atoms with van der Waals surface area (Å²) in [4.78, 5) is 0. The highest BCUT2D eigenvalue weighted by atomic mass is 16.7. The molecule has 1 aromatic heterocycles. The van der Waals surface area contributed by atoms with Gasteiger partial charge in [0.2, 0.25) is 0 Å². The van der Waals surface area contributed by atoms with E-state index in [0.29, 0.717) is 19.6 Å². The Hall–Kier alpha value is -0.800. The lowest BCUT2D eigenvalue weighted by Crippen LogP contribution is -2.10. The van der Waals surface area contributed by atoms with Crippen LogP contribution in [0.5, 0.6) is 0 Å². The van der Waals surface area contributed by atoms with Crippen molar-refractivity contribution in [3.8, 4) is 0 Å². The first-order valence-electron chi connectivity index (χ1n) is 3.71. The third-order valence-corrected chi connectivity index (χ3v) is 1.64. The molecule has 2 heterocycles. The molecule has 0 spiro atoms. The number of hydrogen-bond acceptors (Lipinski definition) is 3. The van der Waals surface area contributed by atoms with Crippen LogP contribution in [-0.4, -0.2) is 19.5 Å². The van der Waals surface area contributed by atoms with E-state index in [1.807, 2.05) is 12.1 Å². The van der Waals surface area contributed by atoms with E-state index in [1.165, 1.54) is 0 Å². The van der Waals surface area contributed by atoms with Crippen molar-refractivity contribution in [1.29, 1.82) is 0 Å². The predicted molar refractivity (Wildman–Crippen MR) is 38.1 cm³/mol. The van der Waals surface area contributed by atoms with Crippen LogP contribution in [0.4, 0.5) is 0 Å². The summed E-state index contributed by atoms with van der Waals surface area (Å²) in [7, 11) is 0. The molecule has 0 atom stereocenters. The molecular weight excluding hydrogens is 144 g/mol. The van der Waals surface area contributed by atoms with E-state index in [-0.39, 0.29) is 6.29 Å². The Morgan fingerprint density at radius 2 is 2.18 bits per heavy atom. The molecule has 1 aliphatic rings. The summed E-state index contributed by atoms with van der Waals surface area (Å²) in [5.74, 6) is 0.914. The lowest BCUT2D eigenvalue weighted by molar-refractivity contribution is -0.0430. The molecule has 0 aromatic carbocycles. The zero-order chi connectivity index (χ0) is 7.52. The second-order valence-electron chi connectivity index (χ2n) is 2.45. The van der Waals surface area contributed by atoms with Crippen LogP contribution in [0.25, 0.3) is 0 Å². The van der Waals surface area contributed by atoms with E-state index < -0.39 is 0 Å². The minimum absolute atomic E-state index is 0.0962. The molecule has 60 valence electrons. The molecule has 3 nitrogen and oxygen atoms in total. The molecule has 0 unspecified atom stereocenters. The molecule has 3 heteroatoms. The van der Waals surface area contributed by atoms with Gasteiger partial charge >= 0.3 is 0 Å². The average Bonchev–Trinajstić information content (AvgIpc) is 2.60. The summed E-state index contributed by atoms with van der Waals surface area (Å²) >= 11 is 0. The molecule has 2 rings (SSSR count). The van der Waals surface area contributed by atoms with Gasteiger partial charge in [0.1, 0.15) is 5.76 Å². The van der Waals surface area contributed by atoms with Crippen molar-refractivity contribution in [2.75, 3.05) is 13.2 Å². The fourth-order valence-corrected chi connectivity index (χ4v) is 1.12. The van der Waals surface area contributed by atoms with Crippen LogP contribution in [-0.2, 0) is 15.9 Å². The van der Waals surface area contributed by atoms with Gasteiger partial charge in [-0.05, 0) is 12.1 Å². The molecular formula is C8H10O3. The van der Waals surface area contributed by atoms with Gasteiger partial charge in [0.05, 0.1) is 25.9 Å². The molecule has 1 aromatic rings. The van der Waals surface area contributed by atoms with Gasteiger partial charge in [-0.15, -0.1) is 0 Å². The quantitative estimate of drug-likeness (QED) is 0.641. The summed E-state index contributed by atoms with van der Waals surface area (Å²) in [5, 5.41) is 0. The Morgan fingerprint density at radius 1 is 1.36 bits per heavy atom. The molecule has 0 radical (unpaired) electrons. The zero-order valence-electron chi connectivity index (χ0n) is 6.16. The normalized spacial score (nSPS) is 19.3. The van der Waals surface area contributed by atoms with Gasteiger partial charge < -0.3 is 13.9 Å². The lowest BCUT2D eigenvalue weighted by Gasteiger charge is -2.04. The van der Waals surface area contributed by atoms with Crippen LogP contribution >= 0.6 is 0 Å². The van der Waals surface area contributed by atoms with Gasteiger partial charge in [-0.1, -0.05) is 0 Å². The van der Waals surface area contributed by atoms with Gasteiger partial charge in [0, 0.05) is 0 Å². The summed E-state index contributed by atoms with van der Waals surface area (Å²) in [6, 6.07) is 3.79. The first-order valence-corrected chi connectivity index (χ1v) is 3.71. The summed E-state index contributed by atoms with van der Waals surface area (Å²) in [5.41, 5.74) is 0. The monoisotopic (exact) mass is 154 g/mol. The predicted octanol–water partition coefficient (Wildman–Crippen LogP) is 1.20. The smallest absolute Gasteiger partial charge is 0.164 e. The van der Waals surface area contributed by atoms with E-state index in [9.17, 15) is 0 Å². The Labute approximate surface area is 64.9 Å². The van der Waals surface area contributed by atoms with Crippen molar-refractivity contribution in [3.63, 3.8) is 0 Å². The van der Waals surface area contributed by atoms with Gasteiger partial charge in [-0.2, -0.15) is 0 Å². The molecule has 11 heavy (non-hydrogen) atoms. The fourth-order valence-electron chi connectivity index (χ4n) is 1.12. The molecule has 1 fully saturated rings. The second-order valence-corrected chi connectivity index (χ2v) is 2.45. The average molecular weight is 154 g/mol. The Morgan fingerprint density at radius 3 is 2.82 bits per heavy atom. The molecule has 0 N–H and O–H groups in total. The van der Waals surface area contributed by atoms with Crippen molar-refractivity contribution in [2.24, 2.45) is 0 Å². The van der Waals surface area contributed by atoms with Crippen LogP contribution < -0.4 is 0 Å². The maximum absolute atomic E-state index is 5.24. The number of rotatable bonds is 2. The molecule has 1 saturated heterocycles. The lowest BCUT2D eigenvalue weighted by atomic mass is 10.3. The summed E-state index contributed by atoms with van der Waals surface area (Å²) < 4.78 is 15.6. The third kappa shape index (κ3) is 1.61. The SMILES string of the molecule is c1coc(CC2OCCO2)c1. The van der Waals surface area contributed by atoms with Crippen molar-refractivity contribution < 1.29 is 13.9 Å². The first-order chi connectivity index (χ1) is 5.45. The van der Waals surface area contributed by atoms with Crippen LogP contribution in [0.3, 0.4) is 0 Å². The maximum Gasteiger partial charge on any atom is 0.164 e. The highest BCUT2D eigenvalue weighted by Crippen LogP contribution is 2.11. The number of hydrogen-bond donors (Lipinski definition) is 0. The van der Waals surface area contributed by atoms with E-state index in [0.717, 1.165) is 5.76 Å².